The molecule has 0 saturated heterocycles. The fourth-order valence-corrected chi connectivity index (χ4v) is 2.79. The van der Waals surface area contributed by atoms with Crippen LogP contribution in [-0.2, 0) is 11.4 Å². The van der Waals surface area contributed by atoms with Gasteiger partial charge in [-0.1, -0.05) is 41.4 Å². The van der Waals surface area contributed by atoms with E-state index < -0.39 is 5.91 Å². The molecule has 0 heterocycles. The fourth-order valence-electron chi connectivity index (χ4n) is 2.66. The summed E-state index contributed by atoms with van der Waals surface area (Å²) in [5, 5.41) is 7.16. The van der Waals surface area contributed by atoms with Crippen LogP contribution >= 0.6 is 11.6 Å². The summed E-state index contributed by atoms with van der Waals surface area (Å²) in [6.07, 6.45) is 1.52. The Morgan fingerprint density at radius 3 is 2.48 bits per heavy atom. The van der Waals surface area contributed by atoms with Crippen LogP contribution in [-0.4, -0.2) is 24.6 Å². The molecule has 0 radical (unpaired) electrons. The predicted molar refractivity (Wildman–Crippen MR) is 121 cm³/mol. The minimum Gasteiger partial charge on any atom is -0.489 e. The summed E-state index contributed by atoms with van der Waals surface area (Å²) in [4.78, 5) is 23.9. The summed E-state index contributed by atoms with van der Waals surface area (Å²) in [5.74, 6) is -0.00723. The van der Waals surface area contributed by atoms with E-state index in [1.807, 2.05) is 61.5 Å². The van der Waals surface area contributed by atoms with Crippen molar-refractivity contribution >= 4 is 29.6 Å². The van der Waals surface area contributed by atoms with Crippen LogP contribution < -0.4 is 15.5 Å². The van der Waals surface area contributed by atoms with E-state index in [0.29, 0.717) is 17.2 Å². The SMILES string of the molecule is Cc1cccc(C(=O)NCC(=O)N/N=C/c2ccc(OCc3ccc(Cl)cc3)cc2)c1. The molecule has 158 valence electrons. The first kappa shape index (κ1) is 22.1. The van der Waals surface area contributed by atoms with Crippen molar-refractivity contribution in [2.45, 2.75) is 13.5 Å². The number of hydrogen-bond donors (Lipinski definition) is 2. The van der Waals surface area contributed by atoms with Crippen LogP contribution in [0.2, 0.25) is 5.02 Å². The maximum absolute atomic E-state index is 12.0. The van der Waals surface area contributed by atoms with Gasteiger partial charge in [0.2, 0.25) is 0 Å². The number of carbonyl (C=O) groups is 2. The molecule has 31 heavy (non-hydrogen) atoms. The van der Waals surface area contributed by atoms with Crippen LogP contribution in [0, 0.1) is 6.92 Å². The van der Waals surface area contributed by atoms with E-state index in [2.05, 4.69) is 15.8 Å². The number of amides is 2. The molecule has 0 aliphatic rings. The molecule has 6 nitrogen and oxygen atoms in total. The highest BCUT2D eigenvalue weighted by Gasteiger charge is 2.07. The number of nitrogens with one attached hydrogen (secondary N) is 2. The molecular formula is C24H22ClN3O3. The van der Waals surface area contributed by atoms with Crippen molar-refractivity contribution in [2.24, 2.45) is 5.10 Å². The molecule has 0 aliphatic heterocycles. The Bertz CT molecular complexity index is 1060. The molecule has 0 fully saturated rings. The lowest BCUT2D eigenvalue weighted by atomic mass is 10.1. The highest BCUT2D eigenvalue weighted by atomic mass is 35.5. The van der Waals surface area contributed by atoms with Crippen LogP contribution in [0.15, 0.2) is 77.9 Å². The zero-order valence-corrected chi connectivity index (χ0v) is 17.7. The first-order chi connectivity index (χ1) is 15.0. The van der Waals surface area contributed by atoms with Crippen molar-refractivity contribution in [3.05, 3.63) is 100 Å². The lowest BCUT2D eigenvalue weighted by Crippen LogP contribution is -2.34. The number of hydrogen-bond acceptors (Lipinski definition) is 4. The molecule has 3 aromatic carbocycles. The number of hydrazone groups is 1. The lowest BCUT2D eigenvalue weighted by Gasteiger charge is -2.06. The molecule has 7 heteroatoms. The van der Waals surface area contributed by atoms with E-state index in [1.54, 1.807) is 18.2 Å². The number of carbonyl (C=O) groups excluding carboxylic acids is 2. The van der Waals surface area contributed by atoms with E-state index in [0.717, 1.165) is 22.4 Å². The van der Waals surface area contributed by atoms with E-state index in [1.165, 1.54) is 6.21 Å². The normalized spacial score (nSPS) is 10.6. The lowest BCUT2D eigenvalue weighted by molar-refractivity contribution is -0.120. The van der Waals surface area contributed by atoms with Crippen LogP contribution in [0.1, 0.15) is 27.0 Å². The number of nitrogens with zero attached hydrogens (tertiary/aromatic N) is 1. The molecule has 2 amide bonds. The van der Waals surface area contributed by atoms with Crippen LogP contribution in [0.4, 0.5) is 0 Å². The number of benzene rings is 3. The van der Waals surface area contributed by atoms with Crippen molar-refractivity contribution < 1.29 is 14.3 Å². The molecule has 0 atom stereocenters. The largest absolute Gasteiger partial charge is 0.489 e. The number of rotatable bonds is 8. The Morgan fingerprint density at radius 1 is 1.03 bits per heavy atom. The zero-order chi connectivity index (χ0) is 22.1. The smallest absolute Gasteiger partial charge is 0.259 e. The van der Waals surface area contributed by atoms with Crippen LogP contribution in [0.5, 0.6) is 5.75 Å². The summed E-state index contributed by atoms with van der Waals surface area (Å²) in [6.45, 7) is 2.17. The summed E-state index contributed by atoms with van der Waals surface area (Å²) in [5.41, 5.74) is 5.69. The highest BCUT2D eigenvalue weighted by molar-refractivity contribution is 6.30. The van der Waals surface area contributed by atoms with Crippen molar-refractivity contribution in [1.29, 1.82) is 0 Å². The fraction of sp³-hybridized carbons (Fsp3) is 0.125. The number of aryl methyl sites for hydroxylation is 1. The second-order valence-electron chi connectivity index (χ2n) is 6.83. The van der Waals surface area contributed by atoms with Crippen molar-refractivity contribution in [2.75, 3.05) is 6.54 Å². The van der Waals surface area contributed by atoms with Gasteiger partial charge < -0.3 is 10.1 Å². The Kier molecular flexibility index (Phi) is 7.79. The van der Waals surface area contributed by atoms with Crippen molar-refractivity contribution in [1.82, 2.24) is 10.7 Å². The molecule has 0 aliphatic carbocycles. The minimum absolute atomic E-state index is 0.165. The minimum atomic E-state index is -0.417. The Labute approximate surface area is 185 Å². The van der Waals surface area contributed by atoms with Gasteiger partial charge in [0.25, 0.3) is 11.8 Å². The van der Waals surface area contributed by atoms with Gasteiger partial charge in [-0.3, -0.25) is 9.59 Å². The molecule has 0 bridgehead atoms. The van der Waals surface area contributed by atoms with Gasteiger partial charge in [-0.2, -0.15) is 5.10 Å². The second-order valence-corrected chi connectivity index (χ2v) is 7.27. The summed E-state index contributed by atoms with van der Waals surface area (Å²) in [6, 6.07) is 21.9. The van der Waals surface area contributed by atoms with Gasteiger partial charge in [0, 0.05) is 10.6 Å². The summed E-state index contributed by atoms with van der Waals surface area (Å²) in [7, 11) is 0. The third-order valence-corrected chi connectivity index (χ3v) is 4.54. The van der Waals surface area contributed by atoms with E-state index in [-0.39, 0.29) is 12.5 Å². The molecule has 2 N–H and O–H groups in total. The molecule has 0 aromatic heterocycles. The first-order valence-electron chi connectivity index (χ1n) is 9.64. The maximum Gasteiger partial charge on any atom is 0.259 e. The predicted octanol–water partition coefficient (Wildman–Crippen LogP) is 4.11. The number of ether oxygens (including phenoxy) is 1. The molecule has 0 spiro atoms. The van der Waals surface area contributed by atoms with Gasteiger partial charge >= 0.3 is 0 Å². The summed E-state index contributed by atoms with van der Waals surface area (Å²) < 4.78 is 5.73. The van der Waals surface area contributed by atoms with Crippen LogP contribution in [0.25, 0.3) is 0 Å². The average molecular weight is 436 g/mol. The van der Waals surface area contributed by atoms with Gasteiger partial charge in [0.1, 0.15) is 12.4 Å². The van der Waals surface area contributed by atoms with Crippen molar-refractivity contribution in [3.8, 4) is 5.75 Å². The highest BCUT2D eigenvalue weighted by Crippen LogP contribution is 2.15. The average Bonchev–Trinajstić information content (AvgIpc) is 2.78. The Morgan fingerprint density at radius 2 is 1.77 bits per heavy atom. The Balaban J connectivity index is 1.41. The van der Waals surface area contributed by atoms with Crippen molar-refractivity contribution in [3.63, 3.8) is 0 Å². The van der Waals surface area contributed by atoms with Gasteiger partial charge in [-0.25, -0.2) is 5.43 Å². The first-order valence-corrected chi connectivity index (χ1v) is 10.0. The van der Waals surface area contributed by atoms with Gasteiger partial charge in [-0.15, -0.1) is 0 Å². The molecular weight excluding hydrogens is 414 g/mol. The monoisotopic (exact) mass is 435 g/mol. The molecule has 0 saturated carbocycles. The third kappa shape index (κ3) is 7.28. The quantitative estimate of drug-likeness (QED) is 0.413. The molecule has 0 unspecified atom stereocenters. The van der Waals surface area contributed by atoms with Crippen LogP contribution in [0.3, 0.4) is 0 Å². The van der Waals surface area contributed by atoms with E-state index in [4.69, 9.17) is 16.3 Å². The molecule has 3 rings (SSSR count). The number of halogens is 1. The van der Waals surface area contributed by atoms with E-state index in [9.17, 15) is 9.59 Å². The summed E-state index contributed by atoms with van der Waals surface area (Å²) >= 11 is 5.87. The topological polar surface area (TPSA) is 79.8 Å². The third-order valence-electron chi connectivity index (χ3n) is 4.29. The Hall–Kier alpha value is -3.64. The van der Waals surface area contributed by atoms with Gasteiger partial charge in [0.15, 0.2) is 0 Å². The standard InChI is InChI=1S/C24H22ClN3O3/c1-17-3-2-4-20(13-17)24(30)26-15-23(29)28-27-14-18-7-11-22(12-8-18)31-16-19-5-9-21(25)10-6-19/h2-14H,15-16H2,1H3,(H,26,30)(H,28,29)/b27-14+. The van der Waals surface area contributed by atoms with Gasteiger partial charge in [0.05, 0.1) is 12.8 Å². The maximum atomic E-state index is 12.0. The van der Waals surface area contributed by atoms with E-state index >= 15 is 0 Å². The van der Waals surface area contributed by atoms with Gasteiger partial charge in [-0.05, 0) is 66.6 Å². The zero-order valence-electron chi connectivity index (χ0n) is 17.0. The second kappa shape index (κ2) is 10.9. The molecule has 3 aromatic rings.